The molecule has 0 saturated heterocycles. The smallest absolute Gasteiger partial charge is 0.252 e. The van der Waals surface area contributed by atoms with Gasteiger partial charge in [-0.05, 0) is 12.1 Å². The van der Waals surface area contributed by atoms with Gasteiger partial charge < -0.3 is 9.15 Å². The van der Waals surface area contributed by atoms with Crippen LogP contribution in [-0.2, 0) is 34.3 Å². The Morgan fingerprint density at radius 3 is 3.00 bits per heavy atom. The fourth-order valence-electron chi connectivity index (χ4n) is 2.18. The molecule has 0 aromatic carbocycles. The standard InChI is InChI=1S/C12H13ClN2O4S2/c1-18-7-11-14-8-6-15(5-4-9(8)19-11)21(16,17)12-3-2-10(13)20-12/h2-3H,4-7H2,1H3. The summed E-state index contributed by atoms with van der Waals surface area (Å²) < 4.78 is 37.7. The van der Waals surface area contributed by atoms with Gasteiger partial charge in [-0.25, -0.2) is 13.4 Å². The topological polar surface area (TPSA) is 72.6 Å². The van der Waals surface area contributed by atoms with Crippen molar-refractivity contribution in [3.05, 3.63) is 33.8 Å². The molecule has 9 heteroatoms. The molecule has 6 nitrogen and oxygen atoms in total. The molecule has 0 N–H and O–H groups in total. The summed E-state index contributed by atoms with van der Waals surface area (Å²) in [7, 11) is -1.98. The van der Waals surface area contributed by atoms with Crippen LogP contribution in [0.4, 0.5) is 0 Å². The maximum Gasteiger partial charge on any atom is 0.252 e. The fraction of sp³-hybridized carbons (Fsp3) is 0.417. The van der Waals surface area contributed by atoms with E-state index in [1.165, 1.54) is 10.4 Å². The molecule has 0 bridgehead atoms. The van der Waals surface area contributed by atoms with E-state index >= 15 is 0 Å². The first-order valence-electron chi connectivity index (χ1n) is 6.22. The van der Waals surface area contributed by atoms with Gasteiger partial charge in [0.15, 0.2) is 0 Å². The molecular weight excluding hydrogens is 336 g/mol. The van der Waals surface area contributed by atoms with Gasteiger partial charge in [-0.2, -0.15) is 4.31 Å². The zero-order chi connectivity index (χ0) is 15.0. The molecule has 0 spiro atoms. The molecule has 114 valence electrons. The molecule has 2 aromatic heterocycles. The van der Waals surface area contributed by atoms with E-state index in [0.717, 1.165) is 17.1 Å². The van der Waals surface area contributed by atoms with E-state index in [2.05, 4.69) is 4.98 Å². The summed E-state index contributed by atoms with van der Waals surface area (Å²) in [5, 5.41) is 0. The van der Waals surface area contributed by atoms with E-state index < -0.39 is 10.0 Å². The Labute approximate surface area is 131 Å². The summed E-state index contributed by atoms with van der Waals surface area (Å²) in [5.74, 6) is 1.21. The van der Waals surface area contributed by atoms with Crippen LogP contribution in [0.15, 0.2) is 20.8 Å². The molecule has 0 fully saturated rings. The van der Waals surface area contributed by atoms with Crippen molar-refractivity contribution in [2.45, 2.75) is 23.8 Å². The molecule has 2 aromatic rings. The van der Waals surface area contributed by atoms with Crippen molar-refractivity contribution in [3.63, 3.8) is 0 Å². The summed E-state index contributed by atoms with van der Waals surface area (Å²) in [5.41, 5.74) is 0.652. The third-order valence-corrected chi connectivity index (χ3v) is 6.69. The number of hydrogen-bond acceptors (Lipinski definition) is 6. The predicted octanol–water partition coefficient (Wildman–Crippen LogP) is 2.28. The van der Waals surface area contributed by atoms with Crippen molar-refractivity contribution in [2.24, 2.45) is 0 Å². The highest BCUT2D eigenvalue weighted by molar-refractivity contribution is 7.91. The van der Waals surface area contributed by atoms with Crippen LogP contribution in [0.3, 0.4) is 0 Å². The number of rotatable bonds is 4. The Bertz CT molecular complexity index is 753. The SMILES string of the molecule is COCc1nc2c(o1)CCN(S(=O)(=O)c1ccc(Cl)s1)C2. The first-order chi connectivity index (χ1) is 10.0. The largest absolute Gasteiger partial charge is 0.443 e. The molecule has 0 amide bonds. The zero-order valence-corrected chi connectivity index (χ0v) is 13.6. The monoisotopic (exact) mass is 348 g/mol. The quantitative estimate of drug-likeness (QED) is 0.847. The summed E-state index contributed by atoms with van der Waals surface area (Å²) in [6.07, 6.45) is 0.504. The minimum atomic E-state index is -3.53. The maximum absolute atomic E-state index is 12.5. The van der Waals surface area contributed by atoms with Crippen molar-refractivity contribution < 1.29 is 17.6 Å². The summed E-state index contributed by atoms with van der Waals surface area (Å²) in [6.45, 7) is 0.854. The van der Waals surface area contributed by atoms with Gasteiger partial charge in [0.2, 0.25) is 5.89 Å². The molecular formula is C12H13ClN2O4S2. The van der Waals surface area contributed by atoms with Crippen LogP contribution >= 0.6 is 22.9 Å². The zero-order valence-electron chi connectivity index (χ0n) is 11.2. The number of nitrogens with zero attached hydrogens (tertiary/aromatic N) is 2. The van der Waals surface area contributed by atoms with Gasteiger partial charge in [-0.15, -0.1) is 11.3 Å². The van der Waals surface area contributed by atoms with Gasteiger partial charge in [0.05, 0.1) is 16.6 Å². The molecule has 1 aliphatic heterocycles. The number of thiophene rings is 1. The molecule has 0 radical (unpaired) electrons. The summed E-state index contributed by atoms with van der Waals surface area (Å²) in [6, 6.07) is 3.11. The number of hydrogen-bond donors (Lipinski definition) is 0. The number of fused-ring (bicyclic) bond motifs is 1. The molecule has 3 rings (SSSR count). The number of oxazole rings is 1. The second-order valence-electron chi connectivity index (χ2n) is 4.56. The fourth-order valence-corrected chi connectivity index (χ4v) is 5.22. The van der Waals surface area contributed by atoms with Crippen molar-refractivity contribution in [2.75, 3.05) is 13.7 Å². The van der Waals surface area contributed by atoms with E-state index in [-0.39, 0.29) is 17.4 Å². The average molecular weight is 349 g/mol. The van der Waals surface area contributed by atoms with E-state index in [0.29, 0.717) is 28.9 Å². The Balaban J connectivity index is 1.85. The number of ether oxygens (including phenoxy) is 1. The maximum atomic E-state index is 12.5. The average Bonchev–Trinajstić information content (AvgIpc) is 3.04. The molecule has 0 unspecified atom stereocenters. The Morgan fingerprint density at radius 2 is 2.33 bits per heavy atom. The second-order valence-corrected chi connectivity index (χ2v) is 8.44. The van der Waals surface area contributed by atoms with Crippen molar-refractivity contribution in [1.82, 2.24) is 9.29 Å². The van der Waals surface area contributed by atoms with Crippen LogP contribution in [0.1, 0.15) is 17.3 Å². The van der Waals surface area contributed by atoms with Gasteiger partial charge in [0, 0.05) is 20.1 Å². The molecule has 1 aliphatic rings. The van der Waals surface area contributed by atoms with Gasteiger partial charge >= 0.3 is 0 Å². The Morgan fingerprint density at radius 1 is 1.52 bits per heavy atom. The summed E-state index contributed by atoms with van der Waals surface area (Å²) >= 11 is 6.87. The molecule has 3 heterocycles. The Hall–Kier alpha value is -0.930. The number of sulfonamides is 1. The van der Waals surface area contributed by atoms with E-state index in [1.807, 2.05) is 0 Å². The minimum absolute atomic E-state index is 0.209. The lowest BCUT2D eigenvalue weighted by Gasteiger charge is -2.23. The van der Waals surface area contributed by atoms with Gasteiger partial charge in [-0.3, -0.25) is 0 Å². The number of methoxy groups -OCH3 is 1. The molecule has 0 aliphatic carbocycles. The molecule has 0 atom stereocenters. The highest BCUT2D eigenvalue weighted by atomic mass is 35.5. The number of halogens is 1. The first-order valence-corrected chi connectivity index (χ1v) is 8.86. The third-order valence-electron chi connectivity index (χ3n) is 3.15. The first kappa shape index (κ1) is 15.0. The van der Waals surface area contributed by atoms with Gasteiger partial charge in [0.25, 0.3) is 10.0 Å². The second kappa shape index (κ2) is 5.69. The van der Waals surface area contributed by atoms with Gasteiger partial charge in [0.1, 0.15) is 16.6 Å². The van der Waals surface area contributed by atoms with E-state index in [9.17, 15) is 8.42 Å². The molecule has 0 saturated carbocycles. The Kier molecular flexibility index (Phi) is 4.06. The normalized spacial score (nSPS) is 16.1. The third kappa shape index (κ3) is 2.86. The minimum Gasteiger partial charge on any atom is -0.443 e. The van der Waals surface area contributed by atoms with Crippen molar-refractivity contribution >= 4 is 33.0 Å². The lowest BCUT2D eigenvalue weighted by molar-refractivity contribution is 0.158. The molecule has 21 heavy (non-hydrogen) atoms. The van der Waals surface area contributed by atoms with Crippen LogP contribution in [0.25, 0.3) is 0 Å². The highest BCUT2D eigenvalue weighted by Gasteiger charge is 2.32. The van der Waals surface area contributed by atoms with E-state index in [4.69, 9.17) is 20.8 Å². The van der Waals surface area contributed by atoms with Crippen molar-refractivity contribution in [1.29, 1.82) is 0 Å². The van der Waals surface area contributed by atoms with Crippen LogP contribution < -0.4 is 0 Å². The predicted molar refractivity (Wildman–Crippen MR) is 77.8 cm³/mol. The van der Waals surface area contributed by atoms with Crippen molar-refractivity contribution in [3.8, 4) is 0 Å². The van der Waals surface area contributed by atoms with Crippen LogP contribution in [0.2, 0.25) is 4.34 Å². The summed E-state index contributed by atoms with van der Waals surface area (Å²) in [4.78, 5) is 4.28. The highest BCUT2D eigenvalue weighted by Crippen LogP contribution is 2.31. The number of aromatic nitrogens is 1. The van der Waals surface area contributed by atoms with Gasteiger partial charge in [-0.1, -0.05) is 11.6 Å². The van der Waals surface area contributed by atoms with Crippen LogP contribution in [0.5, 0.6) is 0 Å². The van der Waals surface area contributed by atoms with Crippen LogP contribution in [0, 0.1) is 0 Å². The van der Waals surface area contributed by atoms with Crippen LogP contribution in [-0.4, -0.2) is 31.4 Å². The lowest BCUT2D eigenvalue weighted by Crippen LogP contribution is -2.35. The van der Waals surface area contributed by atoms with E-state index in [1.54, 1.807) is 13.2 Å². The lowest BCUT2D eigenvalue weighted by atomic mass is 10.2.